The standard InChI is InChI=1S/C15H15N2S/c1-16(2)11-17-12-7-3-5-9-14(12)18-15-10-6-4-8-13(15)17/h3-11H,1-2H3/q+1. The zero-order valence-corrected chi connectivity index (χ0v) is 11.3. The first-order chi connectivity index (χ1) is 8.75. The Bertz CT molecular complexity index is 570. The number of para-hydroxylation sites is 2. The van der Waals surface area contributed by atoms with Gasteiger partial charge in [-0.1, -0.05) is 36.0 Å². The number of hydrogen-bond donors (Lipinski definition) is 0. The molecule has 0 unspecified atom stereocenters. The lowest BCUT2D eigenvalue weighted by Gasteiger charge is -2.23. The first-order valence-electron chi connectivity index (χ1n) is 5.92. The van der Waals surface area contributed by atoms with Crippen LogP contribution in [0.15, 0.2) is 58.3 Å². The Kier molecular flexibility index (Phi) is 2.84. The molecule has 0 saturated heterocycles. The van der Waals surface area contributed by atoms with Crippen molar-refractivity contribution in [1.82, 2.24) is 0 Å². The molecule has 18 heavy (non-hydrogen) atoms. The number of rotatable bonds is 1. The van der Waals surface area contributed by atoms with Crippen molar-refractivity contribution >= 4 is 29.5 Å². The molecule has 1 aliphatic heterocycles. The molecule has 2 aromatic carbocycles. The first-order valence-corrected chi connectivity index (χ1v) is 6.74. The van der Waals surface area contributed by atoms with Crippen molar-refractivity contribution in [2.24, 2.45) is 0 Å². The number of anilines is 2. The van der Waals surface area contributed by atoms with Gasteiger partial charge in [-0.05, 0) is 24.3 Å². The largest absolute Gasteiger partial charge is 0.273 e. The highest BCUT2D eigenvalue weighted by Crippen LogP contribution is 2.46. The minimum Gasteiger partial charge on any atom is -0.273 e. The van der Waals surface area contributed by atoms with Gasteiger partial charge in [0.05, 0.1) is 23.9 Å². The predicted octanol–water partition coefficient (Wildman–Crippen LogP) is 3.59. The molecule has 0 bridgehead atoms. The minimum absolute atomic E-state index is 1.25. The van der Waals surface area contributed by atoms with Gasteiger partial charge in [-0.2, -0.15) is 4.90 Å². The lowest BCUT2D eigenvalue weighted by atomic mass is 10.2. The van der Waals surface area contributed by atoms with E-state index in [1.807, 2.05) is 25.9 Å². The fourth-order valence-electron chi connectivity index (χ4n) is 2.09. The maximum Gasteiger partial charge on any atom is 0.244 e. The highest BCUT2D eigenvalue weighted by Gasteiger charge is 2.27. The zero-order chi connectivity index (χ0) is 12.5. The Morgan fingerprint density at radius 2 is 1.39 bits per heavy atom. The second-order valence-corrected chi connectivity index (χ2v) is 5.57. The smallest absolute Gasteiger partial charge is 0.244 e. The summed E-state index contributed by atoms with van der Waals surface area (Å²) in [5.41, 5.74) is 2.49. The summed E-state index contributed by atoms with van der Waals surface area (Å²) in [6, 6.07) is 17.0. The van der Waals surface area contributed by atoms with Gasteiger partial charge < -0.3 is 0 Å². The van der Waals surface area contributed by atoms with Crippen molar-refractivity contribution in [3.05, 3.63) is 48.5 Å². The van der Waals surface area contributed by atoms with Gasteiger partial charge >= 0.3 is 0 Å². The highest BCUT2D eigenvalue weighted by molar-refractivity contribution is 7.99. The number of fused-ring (bicyclic) bond motifs is 2. The normalized spacial score (nSPS) is 12.7. The van der Waals surface area contributed by atoms with Crippen LogP contribution in [0.4, 0.5) is 11.4 Å². The average Bonchev–Trinajstić information content (AvgIpc) is 2.38. The van der Waals surface area contributed by atoms with E-state index in [0.29, 0.717) is 0 Å². The summed E-state index contributed by atoms with van der Waals surface area (Å²) in [5, 5.41) is 0. The molecule has 0 fully saturated rings. The molecule has 0 atom stereocenters. The van der Waals surface area contributed by atoms with Gasteiger partial charge in [0.2, 0.25) is 6.34 Å². The molecular formula is C15H15N2S+. The topological polar surface area (TPSA) is 6.25 Å². The molecule has 90 valence electrons. The molecule has 0 radical (unpaired) electrons. The maximum atomic E-state index is 2.25. The van der Waals surface area contributed by atoms with Crippen LogP contribution in [0.2, 0.25) is 0 Å². The third-order valence-corrected chi connectivity index (χ3v) is 3.95. The lowest BCUT2D eigenvalue weighted by molar-refractivity contribution is -0.460. The summed E-state index contributed by atoms with van der Waals surface area (Å²) in [7, 11) is 4.10. The summed E-state index contributed by atoms with van der Waals surface area (Å²) in [6.45, 7) is 0. The van der Waals surface area contributed by atoms with Crippen molar-refractivity contribution in [2.75, 3.05) is 19.0 Å². The SMILES string of the molecule is C[N+](C)=CN1c2ccccc2Sc2ccccc21. The second kappa shape index (κ2) is 4.50. The highest BCUT2D eigenvalue weighted by atomic mass is 32.2. The van der Waals surface area contributed by atoms with E-state index in [0.717, 1.165) is 0 Å². The van der Waals surface area contributed by atoms with Crippen molar-refractivity contribution in [3.63, 3.8) is 0 Å². The molecule has 2 aromatic rings. The van der Waals surface area contributed by atoms with Gasteiger partial charge in [-0.3, -0.25) is 4.58 Å². The number of hydrogen-bond acceptors (Lipinski definition) is 1. The van der Waals surface area contributed by atoms with Crippen LogP contribution in [0, 0.1) is 0 Å². The van der Waals surface area contributed by atoms with Crippen LogP contribution in [0.3, 0.4) is 0 Å². The van der Waals surface area contributed by atoms with Gasteiger partial charge in [-0.15, -0.1) is 0 Å². The van der Waals surface area contributed by atoms with E-state index in [-0.39, 0.29) is 0 Å². The van der Waals surface area contributed by atoms with Gasteiger partial charge in [-0.25, -0.2) is 0 Å². The van der Waals surface area contributed by atoms with E-state index in [1.165, 1.54) is 21.2 Å². The number of benzene rings is 2. The lowest BCUT2D eigenvalue weighted by Crippen LogP contribution is -2.23. The maximum absolute atomic E-state index is 2.25. The van der Waals surface area contributed by atoms with Crippen LogP contribution in [0.25, 0.3) is 0 Å². The van der Waals surface area contributed by atoms with Gasteiger partial charge in [0.1, 0.15) is 11.4 Å². The molecule has 0 aliphatic carbocycles. The molecule has 1 aliphatic rings. The van der Waals surface area contributed by atoms with E-state index >= 15 is 0 Å². The summed E-state index contributed by atoms with van der Waals surface area (Å²) in [6.07, 6.45) is 2.12. The second-order valence-electron chi connectivity index (χ2n) is 4.49. The van der Waals surface area contributed by atoms with Gasteiger partial charge in [0.15, 0.2) is 0 Å². The van der Waals surface area contributed by atoms with Crippen LogP contribution in [-0.4, -0.2) is 25.0 Å². The van der Waals surface area contributed by atoms with Crippen molar-refractivity contribution < 1.29 is 4.58 Å². The van der Waals surface area contributed by atoms with E-state index in [9.17, 15) is 0 Å². The van der Waals surface area contributed by atoms with Crippen LogP contribution < -0.4 is 4.90 Å². The van der Waals surface area contributed by atoms with E-state index in [1.54, 1.807) is 0 Å². The Balaban J connectivity index is 2.20. The zero-order valence-electron chi connectivity index (χ0n) is 10.5. The minimum atomic E-state index is 1.25. The molecular weight excluding hydrogens is 240 g/mol. The Morgan fingerprint density at radius 1 is 0.889 bits per heavy atom. The molecule has 0 saturated carbocycles. The van der Waals surface area contributed by atoms with Crippen LogP contribution >= 0.6 is 11.8 Å². The third-order valence-electron chi connectivity index (χ3n) is 2.82. The fourth-order valence-corrected chi connectivity index (χ4v) is 3.16. The van der Waals surface area contributed by atoms with E-state index in [2.05, 4.69) is 64.3 Å². The van der Waals surface area contributed by atoms with Crippen molar-refractivity contribution in [3.8, 4) is 0 Å². The molecule has 0 spiro atoms. The summed E-state index contributed by atoms with van der Waals surface area (Å²) >= 11 is 1.83. The fraction of sp³-hybridized carbons (Fsp3) is 0.133. The number of nitrogens with zero attached hydrogens (tertiary/aromatic N) is 2. The average molecular weight is 255 g/mol. The summed E-state index contributed by atoms with van der Waals surface area (Å²) in [5.74, 6) is 0. The van der Waals surface area contributed by atoms with Gasteiger partial charge in [0.25, 0.3) is 0 Å². The van der Waals surface area contributed by atoms with Crippen LogP contribution in [0.5, 0.6) is 0 Å². The van der Waals surface area contributed by atoms with Crippen molar-refractivity contribution in [2.45, 2.75) is 9.79 Å². The molecule has 2 nitrogen and oxygen atoms in total. The quantitative estimate of drug-likeness (QED) is 0.436. The first kappa shape index (κ1) is 11.4. The molecule has 1 heterocycles. The predicted molar refractivity (Wildman–Crippen MR) is 77.3 cm³/mol. The Hall–Kier alpha value is -1.74. The molecule has 0 amide bonds. The van der Waals surface area contributed by atoms with Crippen LogP contribution in [-0.2, 0) is 0 Å². The molecule has 0 N–H and O–H groups in total. The van der Waals surface area contributed by atoms with E-state index < -0.39 is 0 Å². The molecule has 3 rings (SSSR count). The van der Waals surface area contributed by atoms with Gasteiger partial charge in [0, 0.05) is 0 Å². The Labute approximate surface area is 112 Å². The van der Waals surface area contributed by atoms with Crippen molar-refractivity contribution in [1.29, 1.82) is 0 Å². The van der Waals surface area contributed by atoms with Crippen LogP contribution in [0.1, 0.15) is 0 Å². The van der Waals surface area contributed by atoms with E-state index in [4.69, 9.17) is 0 Å². The Morgan fingerprint density at radius 3 is 1.89 bits per heavy atom. The third kappa shape index (κ3) is 1.91. The molecule has 3 heteroatoms. The summed E-state index contributed by atoms with van der Waals surface area (Å²) in [4.78, 5) is 4.85. The molecule has 0 aromatic heterocycles. The summed E-state index contributed by atoms with van der Waals surface area (Å²) < 4.78 is 2.07. The monoisotopic (exact) mass is 255 g/mol.